The van der Waals surface area contributed by atoms with E-state index in [9.17, 15) is 4.39 Å². The molecule has 0 atom stereocenters. The first-order chi connectivity index (χ1) is 10.2. The number of alkyl halides is 1. The fourth-order valence-electron chi connectivity index (χ4n) is 3.41. The molecule has 0 aliphatic heterocycles. The molecule has 0 N–H and O–H groups in total. The summed E-state index contributed by atoms with van der Waals surface area (Å²) in [5.74, 6) is 2.09. The van der Waals surface area contributed by atoms with Crippen LogP contribution in [0, 0.1) is 18.7 Å². The van der Waals surface area contributed by atoms with Gasteiger partial charge in [0.25, 0.3) is 0 Å². The summed E-state index contributed by atoms with van der Waals surface area (Å²) in [4.78, 5) is 4.61. The van der Waals surface area contributed by atoms with Crippen LogP contribution in [0.15, 0.2) is 12.1 Å². The minimum atomic E-state index is -0.178. The molecule has 1 saturated carbocycles. The van der Waals surface area contributed by atoms with Crippen molar-refractivity contribution in [2.45, 2.75) is 52.0 Å². The van der Waals surface area contributed by atoms with E-state index in [0.29, 0.717) is 11.4 Å². The van der Waals surface area contributed by atoms with E-state index < -0.39 is 0 Å². The zero-order chi connectivity index (χ0) is 14.8. The maximum absolute atomic E-state index is 13.8. The van der Waals surface area contributed by atoms with Crippen molar-refractivity contribution < 1.29 is 4.39 Å². The lowest BCUT2D eigenvalue weighted by Gasteiger charge is -2.23. The molecule has 0 bridgehead atoms. The van der Waals surface area contributed by atoms with Gasteiger partial charge in [0.05, 0.1) is 11.0 Å². The van der Waals surface area contributed by atoms with Crippen LogP contribution in [0.5, 0.6) is 0 Å². The SMILES string of the molecule is Cc1cc2c(cc1F)nc(CCCl)n2CC1CCCCC1. The normalized spacial score (nSPS) is 16.7. The second-order valence-electron chi connectivity index (χ2n) is 6.17. The minimum absolute atomic E-state index is 0.178. The number of aryl methyl sites for hydroxylation is 2. The lowest BCUT2D eigenvalue weighted by Crippen LogP contribution is -2.16. The summed E-state index contributed by atoms with van der Waals surface area (Å²) in [5, 5.41) is 0. The summed E-state index contributed by atoms with van der Waals surface area (Å²) in [6.45, 7) is 2.81. The Hall–Kier alpha value is -1.09. The van der Waals surface area contributed by atoms with Gasteiger partial charge in [-0.25, -0.2) is 9.37 Å². The number of hydrogen-bond acceptors (Lipinski definition) is 1. The number of halogens is 2. The van der Waals surface area contributed by atoms with Crippen molar-refractivity contribution in [3.8, 4) is 0 Å². The van der Waals surface area contributed by atoms with Gasteiger partial charge in [-0.15, -0.1) is 11.6 Å². The predicted molar refractivity (Wildman–Crippen MR) is 85.4 cm³/mol. The third-order valence-corrected chi connectivity index (χ3v) is 4.78. The fraction of sp³-hybridized carbons (Fsp3) is 0.588. The highest BCUT2D eigenvalue weighted by Crippen LogP contribution is 2.28. The van der Waals surface area contributed by atoms with Crippen LogP contribution >= 0.6 is 11.6 Å². The van der Waals surface area contributed by atoms with Crippen molar-refractivity contribution in [1.82, 2.24) is 9.55 Å². The molecule has 1 fully saturated rings. The minimum Gasteiger partial charge on any atom is -0.328 e. The Kier molecular flexibility index (Phi) is 4.48. The molecule has 0 saturated heterocycles. The van der Waals surface area contributed by atoms with E-state index in [2.05, 4.69) is 9.55 Å². The first kappa shape index (κ1) is 14.8. The highest BCUT2D eigenvalue weighted by atomic mass is 35.5. The molecular formula is C17H22ClFN2. The molecule has 1 aromatic heterocycles. The summed E-state index contributed by atoms with van der Waals surface area (Å²) in [7, 11) is 0. The summed E-state index contributed by atoms with van der Waals surface area (Å²) >= 11 is 5.91. The molecule has 3 rings (SSSR count). The average Bonchev–Trinajstić information content (AvgIpc) is 2.79. The van der Waals surface area contributed by atoms with E-state index in [-0.39, 0.29) is 5.82 Å². The second kappa shape index (κ2) is 6.35. The zero-order valence-corrected chi connectivity index (χ0v) is 13.3. The Bertz CT molecular complexity index is 629. The first-order valence-corrected chi connectivity index (χ1v) is 8.43. The lowest BCUT2D eigenvalue weighted by atomic mass is 9.89. The molecule has 1 aromatic carbocycles. The molecule has 0 unspecified atom stereocenters. The van der Waals surface area contributed by atoms with E-state index in [4.69, 9.17) is 11.6 Å². The number of fused-ring (bicyclic) bond motifs is 1. The topological polar surface area (TPSA) is 17.8 Å². The number of benzene rings is 1. The van der Waals surface area contributed by atoms with Crippen LogP contribution in [0.2, 0.25) is 0 Å². The van der Waals surface area contributed by atoms with Gasteiger partial charge in [-0.05, 0) is 37.3 Å². The Morgan fingerprint density at radius 1 is 1.29 bits per heavy atom. The summed E-state index contributed by atoms with van der Waals surface area (Å²) < 4.78 is 16.0. The smallest absolute Gasteiger partial charge is 0.128 e. The Morgan fingerprint density at radius 2 is 2.05 bits per heavy atom. The van der Waals surface area contributed by atoms with Crippen LogP contribution in [-0.2, 0) is 13.0 Å². The van der Waals surface area contributed by atoms with Crippen molar-refractivity contribution in [3.63, 3.8) is 0 Å². The van der Waals surface area contributed by atoms with E-state index >= 15 is 0 Å². The quantitative estimate of drug-likeness (QED) is 0.739. The van der Waals surface area contributed by atoms with Crippen LogP contribution in [0.3, 0.4) is 0 Å². The monoisotopic (exact) mass is 308 g/mol. The Morgan fingerprint density at radius 3 is 2.76 bits per heavy atom. The summed E-state index contributed by atoms with van der Waals surface area (Å²) in [6.07, 6.45) is 7.34. The van der Waals surface area contributed by atoms with Gasteiger partial charge in [0.2, 0.25) is 0 Å². The molecule has 2 aromatic rings. The molecule has 0 amide bonds. The number of aromatic nitrogens is 2. The number of nitrogens with zero attached hydrogens (tertiary/aromatic N) is 2. The molecule has 1 aliphatic carbocycles. The Balaban J connectivity index is 2.00. The third kappa shape index (κ3) is 3.08. The lowest BCUT2D eigenvalue weighted by molar-refractivity contribution is 0.319. The molecule has 1 aliphatic rings. The second-order valence-corrected chi connectivity index (χ2v) is 6.55. The molecule has 114 valence electrons. The van der Waals surface area contributed by atoms with E-state index in [1.165, 1.54) is 32.1 Å². The van der Waals surface area contributed by atoms with Crippen LogP contribution in [0.4, 0.5) is 4.39 Å². The molecule has 2 nitrogen and oxygen atoms in total. The van der Waals surface area contributed by atoms with Gasteiger partial charge < -0.3 is 4.57 Å². The van der Waals surface area contributed by atoms with Crippen molar-refractivity contribution in [2.24, 2.45) is 5.92 Å². The maximum atomic E-state index is 13.8. The zero-order valence-electron chi connectivity index (χ0n) is 12.5. The van der Waals surface area contributed by atoms with Crippen molar-refractivity contribution in [2.75, 3.05) is 5.88 Å². The van der Waals surface area contributed by atoms with E-state index in [1.807, 2.05) is 13.0 Å². The van der Waals surface area contributed by atoms with Crippen LogP contribution in [0.25, 0.3) is 11.0 Å². The average molecular weight is 309 g/mol. The van der Waals surface area contributed by atoms with Crippen LogP contribution in [-0.4, -0.2) is 15.4 Å². The van der Waals surface area contributed by atoms with Gasteiger partial charge >= 0.3 is 0 Å². The van der Waals surface area contributed by atoms with Crippen LogP contribution < -0.4 is 0 Å². The molecule has 21 heavy (non-hydrogen) atoms. The number of rotatable bonds is 4. The highest BCUT2D eigenvalue weighted by Gasteiger charge is 2.18. The summed E-state index contributed by atoms with van der Waals surface area (Å²) in [6, 6.07) is 3.48. The maximum Gasteiger partial charge on any atom is 0.128 e. The predicted octanol–water partition coefficient (Wildman–Crippen LogP) is 4.85. The van der Waals surface area contributed by atoms with Crippen molar-refractivity contribution in [1.29, 1.82) is 0 Å². The van der Waals surface area contributed by atoms with Gasteiger partial charge in [0.1, 0.15) is 11.6 Å². The van der Waals surface area contributed by atoms with Gasteiger partial charge in [-0.1, -0.05) is 19.3 Å². The number of imidazole rings is 1. The molecule has 1 heterocycles. The molecular weight excluding hydrogens is 287 g/mol. The van der Waals surface area contributed by atoms with Crippen molar-refractivity contribution >= 4 is 22.6 Å². The van der Waals surface area contributed by atoms with Gasteiger partial charge in [-0.3, -0.25) is 0 Å². The third-order valence-electron chi connectivity index (χ3n) is 4.59. The van der Waals surface area contributed by atoms with E-state index in [1.54, 1.807) is 6.07 Å². The summed E-state index contributed by atoms with van der Waals surface area (Å²) in [5.41, 5.74) is 2.50. The molecule has 0 radical (unpaired) electrons. The molecule has 4 heteroatoms. The van der Waals surface area contributed by atoms with Gasteiger partial charge in [0, 0.05) is 24.9 Å². The highest BCUT2D eigenvalue weighted by molar-refractivity contribution is 6.17. The molecule has 0 spiro atoms. The first-order valence-electron chi connectivity index (χ1n) is 7.90. The van der Waals surface area contributed by atoms with Crippen molar-refractivity contribution in [3.05, 3.63) is 29.3 Å². The fourth-order valence-corrected chi connectivity index (χ4v) is 3.58. The number of hydrogen-bond donors (Lipinski definition) is 0. The largest absolute Gasteiger partial charge is 0.328 e. The van der Waals surface area contributed by atoms with E-state index in [0.717, 1.165) is 35.7 Å². The standard InChI is InChI=1S/C17H22ClFN2/c1-12-9-16-15(10-14(12)19)20-17(7-8-18)21(16)11-13-5-3-2-4-6-13/h9-10,13H,2-8,11H2,1H3. The van der Waals surface area contributed by atoms with Gasteiger partial charge in [-0.2, -0.15) is 0 Å². The van der Waals surface area contributed by atoms with Gasteiger partial charge in [0.15, 0.2) is 0 Å². The van der Waals surface area contributed by atoms with Crippen LogP contribution in [0.1, 0.15) is 43.5 Å². The Labute approximate surface area is 130 Å².